The zero-order valence-electron chi connectivity index (χ0n) is 7.14. The van der Waals surface area contributed by atoms with E-state index in [0.717, 1.165) is 12.2 Å². The number of alkyl halides is 1. The van der Waals surface area contributed by atoms with Gasteiger partial charge in [-0.3, -0.25) is 0 Å². The van der Waals surface area contributed by atoms with Gasteiger partial charge in [-0.05, 0) is 12.2 Å². The Morgan fingerprint density at radius 2 is 2.36 bits per heavy atom. The van der Waals surface area contributed by atoms with Crippen LogP contribution >= 0.6 is 11.8 Å². The number of hydrogen-bond donors (Lipinski definition) is 1. The molecular weight excluding hydrogens is 161 g/mol. The predicted molar refractivity (Wildman–Crippen MR) is 48.6 cm³/mol. The average Bonchev–Trinajstić information content (AvgIpc) is 2.28. The number of halogens is 1. The van der Waals surface area contributed by atoms with E-state index in [1.807, 2.05) is 11.8 Å². The van der Waals surface area contributed by atoms with E-state index < -0.39 is 6.17 Å². The van der Waals surface area contributed by atoms with Gasteiger partial charge >= 0.3 is 0 Å². The van der Waals surface area contributed by atoms with E-state index in [1.165, 1.54) is 0 Å². The molecule has 0 aromatic heterocycles. The van der Waals surface area contributed by atoms with Crippen molar-refractivity contribution in [3.63, 3.8) is 0 Å². The molecule has 1 fully saturated rings. The van der Waals surface area contributed by atoms with Crippen LogP contribution in [0.5, 0.6) is 0 Å². The van der Waals surface area contributed by atoms with Gasteiger partial charge < -0.3 is 5.73 Å². The summed E-state index contributed by atoms with van der Waals surface area (Å²) < 4.78 is 13.3. The molecule has 0 aromatic rings. The molecule has 66 valence electrons. The maximum atomic E-state index is 13.2. The van der Waals surface area contributed by atoms with Gasteiger partial charge in [0.25, 0.3) is 0 Å². The SMILES string of the molecule is CC1(C)SCCC1C(F)CN. The summed E-state index contributed by atoms with van der Waals surface area (Å²) in [5.41, 5.74) is 5.29. The molecule has 0 aliphatic carbocycles. The van der Waals surface area contributed by atoms with Crippen LogP contribution in [0.4, 0.5) is 4.39 Å². The first kappa shape index (κ1) is 9.33. The first-order chi connectivity index (χ1) is 5.08. The number of nitrogens with two attached hydrogens (primary N) is 1. The highest BCUT2D eigenvalue weighted by Crippen LogP contribution is 2.44. The maximum Gasteiger partial charge on any atom is 0.116 e. The van der Waals surface area contributed by atoms with Crippen LogP contribution in [0.1, 0.15) is 20.3 Å². The molecule has 1 aliphatic rings. The minimum absolute atomic E-state index is 0.0960. The standard InChI is InChI=1S/C8H16FNS/c1-8(2)6(3-4-11-8)7(9)5-10/h6-7H,3-5,10H2,1-2H3. The molecule has 2 atom stereocenters. The van der Waals surface area contributed by atoms with Gasteiger partial charge in [-0.1, -0.05) is 13.8 Å². The summed E-state index contributed by atoms with van der Waals surface area (Å²) in [6.07, 6.45) is 0.177. The lowest BCUT2D eigenvalue weighted by Gasteiger charge is -2.27. The van der Waals surface area contributed by atoms with Crippen molar-refractivity contribution >= 4 is 11.8 Å². The molecule has 1 aliphatic heterocycles. The predicted octanol–water partition coefficient (Wildman–Crippen LogP) is 1.81. The monoisotopic (exact) mass is 177 g/mol. The van der Waals surface area contributed by atoms with Crippen molar-refractivity contribution in [2.75, 3.05) is 12.3 Å². The van der Waals surface area contributed by atoms with Crippen LogP contribution in [0.25, 0.3) is 0 Å². The number of thioether (sulfide) groups is 1. The highest BCUT2D eigenvalue weighted by molar-refractivity contribution is 8.00. The zero-order valence-corrected chi connectivity index (χ0v) is 7.96. The number of rotatable bonds is 2. The van der Waals surface area contributed by atoms with E-state index >= 15 is 0 Å². The molecule has 0 amide bonds. The second-order valence-corrected chi connectivity index (χ2v) is 5.35. The van der Waals surface area contributed by atoms with Crippen molar-refractivity contribution in [3.05, 3.63) is 0 Å². The molecule has 0 bridgehead atoms. The van der Waals surface area contributed by atoms with Gasteiger partial charge in [0.05, 0.1) is 0 Å². The molecule has 1 heterocycles. The highest BCUT2D eigenvalue weighted by Gasteiger charge is 2.39. The fourth-order valence-corrected chi connectivity index (χ4v) is 3.06. The van der Waals surface area contributed by atoms with Gasteiger partial charge in [0, 0.05) is 17.2 Å². The lowest BCUT2D eigenvalue weighted by molar-refractivity contribution is 0.207. The minimum Gasteiger partial charge on any atom is -0.328 e. The van der Waals surface area contributed by atoms with E-state index in [1.54, 1.807) is 0 Å². The van der Waals surface area contributed by atoms with E-state index in [9.17, 15) is 4.39 Å². The Balaban J connectivity index is 2.57. The van der Waals surface area contributed by atoms with Crippen molar-refractivity contribution in [2.45, 2.75) is 31.2 Å². The van der Waals surface area contributed by atoms with Gasteiger partial charge in [-0.15, -0.1) is 0 Å². The minimum atomic E-state index is -0.806. The lowest BCUT2D eigenvalue weighted by atomic mass is 9.88. The summed E-state index contributed by atoms with van der Waals surface area (Å²) in [6, 6.07) is 0. The normalized spacial score (nSPS) is 32.2. The third kappa shape index (κ3) is 1.88. The Kier molecular flexibility index (Phi) is 2.81. The van der Waals surface area contributed by atoms with Crippen molar-refractivity contribution in [2.24, 2.45) is 11.7 Å². The van der Waals surface area contributed by atoms with Crippen molar-refractivity contribution < 1.29 is 4.39 Å². The quantitative estimate of drug-likeness (QED) is 0.696. The van der Waals surface area contributed by atoms with E-state index in [2.05, 4.69) is 13.8 Å². The molecule has 0 spiro atoms. The maximum absolute atomic E-state index is 13.2. The summed E-state index contributed by atoms with van der Waals surface area (Å²) in [5, 5.41) is 0. The summed E-state index contributed by atoms with van der Waals surface area (Å²) in [4.78, 5) is 0. The third-order valence-electron chi connectivity index (χ3n) is 2.46. The fraction of sp³-hybridized carbons (Fsp3) is 1.00. The topological polar surface area (TPSA) is 26.0 Å². The Labute approximate surface area is 71.9 Å². The second-order valence-electron chi connectivity index (χ2n) is 3.60. The molecule has 1 nitrogen and oxygen atoms in total. The summed E-state index contributed by atoms with van der Waals surface area (Å²) in [7, 11) is 0. The Morgan fingerprint density at radius 3 is 2.73 bits per heavy atom. The molecule has 2 N–H and O–H groups in total. The first-order valence-corrected chi connectivity index (χ1v) is 5.04. The van der Waals surface area contributed by atoms with Crippen LogP contribution < -0.4 is 5.73 Å². The Bertz CT molecular complexity index is 138. The molecule has 0 aromatic carbocycles. The third-order valence-corrected chi connectivity index (χ3v) is 3.94. The van der Waals surface area contributed by atoms with E-state index in [4.69, 9.17) is 5.73 Å². The van der Waals surface area contributed by atoms with Gasteiger partial charge in [-0.2, -0.15) is 11.8 Å². The van der Waals surface area contributed by atoms with Gasteiger partial charge in [-0.25, -0.2) is 4.39 Å². The molecule has 0 radical (unpaired) electrons. The van der Waals surface area contributed by atoms with E-state index in [0.29, 0.717) is 0 Å². The lowest BCUT2D eigenvalue weighted by Crippen LogP contribution is -2.34. The van der Waals surface area contributed by atoms with Crippen LogP contribution in [0.15, 0.2) is 0 Å². The van der Waals surface area contributed by atoms with Crippen molar-refractivity contribution in [3.8, 4) is 0 Å². The van der Waals surface area contributed by atoms with Gasteiger partial charge in [0.2, 0.25) is 0 Å². The first-order valence-electron chi connectivity index (χ1n) is 4.06. The molecule has 0 saturated carbocycles. The molecule has 11 heavy (non-hydrogen) atoms. The van der Waals surface area contributed by atoms with Crippen molar-refractivity contribution in [1.82, 2.24) is 0 Å². The van der Waals surface area contributed by atoms with Gasteiger partial charge in [0.1, 0.15) is 6.17 Å². The smallest absolute Gasteiger partial charge is 0.116 e. The fourth-order valence-electron chi connectivity index (χ4n) is 1.68. The Morgan fingerprint density at radius 1 is 1.73 bits per heavy atom. The van der Waals surface area contributed by atoms with Crippen LogP contribution in [0, 0.1) is 5.92 Å². The highest BCUT2D eigenvalue weighted by atomic mass is 32.2. The molecular formula is C8H16FNS. The summed E-state index contributed by atoms with van der Waals surface area (Å²) >= 11 is 1.86. The van der Waals surface area contributed by atoms with Crippen LogP contribution in [0.2, 0.25) is 0 Å². The molecule has 2 unspecified atom stereocenters. The van der Waals surface area contributed by atoms with E-state index in [-0.39, 0.29) is 17.2 Å². The summed E-state index contributed by atoms with van der Waals surface area (Å²) in [5.74, 6) is 1.25. The average molecular weight is 177 g/mol. The molecule has 3 heteroatoms. The summed E-state index contributed by atoms with van der Waals surface area (Å²) in [6.45, 7) is 4.39. The Hall–Kier alpha value is 0.240. The number of hydrogen-bond acceptors (Lipinski definition) is 2. The van der Waals surface area contributed by atoms with Crippen molar-refractivity contribution in [1.29, 1.82) is 0 Å². The zero-order chi connectivity index (χ0) is 8.48. The van der Waals surface area contributed by atoms with Crippen LogP contribution in [-0.2, 0) is 0 Å². The molecule has 1 rings (SSSR count). The van der Waals surface area contributed by atoms with Crippen LogP contribution in [-0.4, -0.2) is 23.2 Å². The van der Waals surface area contributed by atoms with Gasteiger partial charge in [0.15, 0.2) is 0 Å². The largest absolute Gasteiger partial charge is 0.328 e. The second kappa shape index (κ2) is 3.31. The van der Waals surface area contributed by atoms with Crippen LogP contribution in [0.3, 0.4) is 0 Å². The molecule has 1 saturated heterocycles.